The van der Waals surface area contributed by atoms with Gasteiger partial charge in [-0.05, 0) is 46.6 Å². The molecule has 19 heavy (non-hydrogen) atoms. The molecule has 0 spiro atoms. The number of carbonyl (C=O) groups excluding carboxylic acids is 1. The molecule has 0 atom stereocenters. The number of fused-ring (bicyclic) bond motifs is 1. The minimum atomic E-state index is 0.103. The first-order chi connectivity index (χ1) is 9.16. The van der Waals surface area contributed by atoms with Gasteiger partial charge in [0.2, 0.25) is 0 Å². The Morgan fingerprint density at radius 3 is 2.89 bits per heavy atom. The van der Waals surface area contributed by atoms with E-state index in [0.29, 0.717) is 0 Å². The van der Waals surface area contributed by atoms with Gasteiger partial charge in [-0.15, -0.1) is 23.1 Å². The number of anilines is 1. The molecule has 2 heterocycles. The maximum absolute atomic E-state index is 12.6. The quantitative estimate of drug-likeness (QED) is 0.748. The average molecular weight is 354 g/mol. The summed E-state index contributed by atoms with van der Waals surface area (Å²) in [4.78, 5) is 16.5. The summed E-state index contributed by atoms with van der Waals surface area (Å²) in [5.74, 6) is 1.06. The highest BCUT2D eigenvalue weighted by Gasteiger charge is 2.25. The zero-order valence-corrected chi connectivity index (χ0v) is 13.6. The van der Waals surface area contributed by atoms with Gasteiger partial charge < -0.3 is 4.90 Å². The van der Waals surface area contributed by atoms with Gasteiger partial charge in [0, 0.05) is 17.2 Å². The first-order valence-electron chi connectivity index (χ1n) is 5.96. The van der Waals surface area contributed by atoms with Crippen LogP contribution >= 0.6 is 39.0 Å². The predicted molar refractivity (Wildman–Crippen MR) is 85.6 cm³/mol. The van der Waals surface area contributed by atoms with Gasteiger partial charge in [-0.3, -0.25) is 4.79 Å². The number of para-hydroxylation sites is 1. The molecule has 98 valence electrons. The van der Waals surface area contributed by atoms with Crippen molar-refractivity contribution < 1.29 is 4.79 Å². The maximum atomic E-state index is 12.6. The smallest absolute Gasteiger partial charge is 0.268 e. The van der Waals surface area contributed by atoms with Crippen LogP contribution in [-0.4, -0.2) is 18.2 Å². The number of thioether (sulfide) groups is 1. The van der Waals surface area contributed by atoms with E-state index in [2.05, 4.69) is 22.0 Å². The lowest BCUT2D eigenvalue weighted by molar-refractivity contribution is 0.0991. The Morgan fingerprint density at radius 2 is 2.16 bits per heavy atom. The molecule has 0 saturated carbocycles. The van der Waals surface area contributed by atoms with Gasteiger partial charge in [0.1, 0.15) is 0 Å². The van der Waals surface area contributed by atoms with Crippen LogP contribution in [0.1, 0.15) is 15.2 Å². The zero-order valence-electron chi connectivity index (χ0n) is 10.4. The molecule has 0 unspecified atom stereocenters. The average Bonchev–Trinajstić information content (AvgIpc) is 2.77. The number of benzene rings is 1. The number of halogens is 1. The normalized spacial score (nSPS) is 14.3. The second-order valence-corrected chi connectivity index (χ2v) is 7.85. The molecule has 5 heteroatoms. The van der Waals surface area contributed by atoms with Crippen molar-refractivity contribution in [2.45, 2.75) is 11.8 Å². The van der Waals surface area contributed by atoms with Crippen molar-refractivity contribution in [2.75, 3.05) is 17.2 Å². The summed E-state index contributed by atoms with van der Waals surface area (Å²) in [6.45, 7) is 2.78. The number of amides is 1. The van der Waals surface area contributed by atoms with Crippen molar-refractivity contribution in [3.63, 3.8) is 0 Å². The molecular weight excluding hydrogens is 342 g/mol. The molecule has 0 saturated heterocycles. The molecular formula is C14H12BrNOS2. The van der Waals surface area contributed by atoms with Crippen LogP contribution in [-0.2, 0) is 0 Å². The highest BCUT2D eigenvalue weighted by atomic mass is 79.9. The molecule has 0 N–H and O–H groups in total. The topological polar surface area (TPSA) is 20.3 Å². The minimum Gasteiger partial charge on any atom is -0.306 e. The molecule has 2 nitrogen and oxygen atoms in total. The maximum Gasteiger partial charge on any atom is 0.268 e. The van der Waals surface area contributed by atoms with Crippen LogP contribution in [0.4, 0.5) is 5.69 Å². The van der Waals surface area contributed by atoms with Gasteiger partial charge in [0.25, 0.3) is 5.91 Å². The number of hydrogen-bond donors (Lipinski definition) is 0. The van der Waals surface area contributed by atoms with E-state index in [9.17, 15) is 4.79 Å². The Labute approximate surface area is 128 Å². The Balaban J connectivity index is 1.97. The van der Waals surface area contributed by atoms with Crippen LogP contribution in [0.25, 0.3) is 0 Å². The first-order valence-corrected chi connectivity index (χ1v) is 8.56. The molecule has 0 fully saturated rings. The van der Waals surface area contributed by atoms with E-state index in [1.165, 1.54) is 16.2 Å². The third kappa shape index (κ3) is 2.47. The van der Waals surface area contributed by atoms with Gasteiger partial charge in [-0.2, -0.15) is 0 Å². The number of hydrogen-bond acceptors (Lipinski definition) is 3. The van der Waals surface area contributed by atoms with E-state index >= 15 is 0 Å². The fourth-order valence-corrected chi connectivity index (χ4v) is 4.56. The first kappa shape index (κ1) is 13.2. The molecule has 1 amide bonds. The zero-order chi connectivity index (χ0) is 13.4. The van der Waals surface area contributed by atoms with E-state index in [1.54, 1.807) is 0 Å². The molecule has 1 aromatic heterocycles. The summed E-state index contributed by atoms with van der Waals surface area (Å²) >= 11 is 6.81. The SMILES string of the molecule is Cc1cc(C(=O)N2CCSc3ccccc32)sc1Br. The predicted octanol–water partition coefficient (Wildman–Crippen LogP) is 4.57. The highest BCUT2D eigenvalue weighted by molar-refractivity contribution is 9.11. The largest absolute Gasteiger partial charge is 0.306 e. The second-order valence-electron chi connectivity index (χ2n) is 4.34. The van der Waals surface area contributed by atoms with Crippen LogP contribution in [0.3, 0.4) is 0 Å². The summed E-state index contributed by atoms with van der Waals surface area (Å²) in [7, 11) is 0. The molecule has 2 aromatic rings. The lowest BCUT2D eigenvalue weighted by Crippen LogP contribution is -2.34. The van der Waals surface area contributed by atoms with Gasteiger partial charge in [0.05, 0.1) is 14.4 Å². The molecule has 0 bridgehead atoms. The molecule has 0 radical (unpaired) electrons. The third-order valence-electron chi connectivity index (χ3n) is 3.04. The summed E-state index contributed by atoms with van der Waals surface area (Å²) in [5, 5.41) is 0. The summed E-state index contributed by atoms with van der Waals surface area (Å²) in [6.07, 6.45) is 0. The van der Waals surface area contributed by atoms with Crippen molar-refractivity contribution in [1.82, 2.24) is 0 Å². The number of rotatable bonds is 1. The number of nitrogens with zero attached hydrogens (tertiary/aromatic N) is 1. The van der Waals surface area contributed by atoms with Crippen molar-refractivity contribution >= 4 is 50.6 Å². The Kier molecular flexibility index (Phi) is 3.69. The Hall–Kier alpha value is -0.780. The van der Waals surface area contributed by atoms with E-state index in [0.717, 1.165) is 32.2 Å². The van der Waals surface area contributed by atoms with Gasteiger partial charge in [0.15, 0.2) is 0 Å². The fourth-order valence-electron chi connectivity index (χ4n) is 2.08. The van der Waals surface area contributed by atoms with Crippen LogP contribution in [0.5, 0.6) is 0 Å². The lowest BCUT2D eigenvalue weighted by atomic mass is 10.2. The van der Waals surface area contributed by atoms with Crippen molar-refractivity contribution in [2.24, 2.45) is 0 Å². The second kappa shape index (κ2) is 5.31. The standard InChI is InChI=1S/C14H12BrNOS2/c1-9-8-12(19-13(9)15)14(17)16-6-7-18-11-5-3-2-4-10(11)16/h2-5,8H,6-7H2,1H3. The molecule has 1 aromatic carbocycles. The van der Waals surface area contributed by atoms with Crippen molar-refractivity contribution in [1.29, 1.82) is 0 Å². The van der Waals surface area contributed by atoms with E-state index in [1.807, 2.05) is 47.9 Å². The monoisotopic (exact) mass is 353 g/mol. The third-order valence-corrected chi connectivity index (χ3v) is 6.21. The van der Waals surface area contributed by atoms with Crippen LogP contribution < -0.4 is 4.90 Å². The van der Waals surface area contributed by atoms with E-state index in [4.69, 9.17) is 0 Å². The number of thiophene rings is 1. The Morgan fingerprint density at radius 1 is 1.37 bits per heavy atom. The summed E-state index contributed by atoms with van der Waals surface area (Å²) in [6, 6.07) is 10.1. The van der Waals surface area contributed by atoms with Crippen molar-refractivity contribution in [3.05, 3.63) is 44.6 Å². The highest BCUT2D eigenvalue weighted by Crippen LogP contribution is 2.36. The summed E-state index contributed by atoms with van der Waals surface area (Å²) < 4.78 is 1.04. The van der Waals surface area contributed by atoms with Crippen LogP contribution in [0, 0.1) is 6.92 Å². The molecule has 1 aliphatic rings. The minimum absolute atomic E-state index is 0.103. The van der Waals surface area contributed by atoms with Crippen LogP contribution in [0.15, 0.2) is 39.0 Å². The molecule has 1 aliphatic heterocycles. The molecule has 0 aliphatic carbocycles. The van der Waals surface area contributed by atoms with Gasteiger partial charge in [-0.1, -0.05) is 12.1 Å². The van der Waals surface area contributed by atoms with Gasteiger partial charge >= 0.3 is 0 Å². The van der Waals surface area contributed by atoms with Crippen molar-refractivity contribution in [3.8, 4) is 0 Å². The van der Waals surface area contributed by atoms with Crippen LogP contribution in [0.2, 0.25) is 0 Å². The Bertz CT molecular complexity index is 619. The summed E-state index contributed by atoms with van der Waals surface area (Å²) in [5.41, 5.74) is 2.15. The fraction of sp³-hybridized carbons (Fsp3) is 0.214. The molecule has 3 rings (SSSR count). The lowest BCUT2D eigenvalue weighted by Gasteiger charge is -2.28. The number of aryl methyl sites for hydroxylation is 1. The van der Waals surface area contributed by atoms with E-state index in [-0.39, 0.29) is 5.91 Å². The van der Waals surface area contributed by atoms with E-state index < -0.39 is 0 Å². The van der Waals surface area contributed by atoms with Gasteiger partial charge in [-0.25, -0.2) is 0 Å². The number of carbonyl (C=O) groups is 1.